The molecule has 192 valence electrons. The summed E-state index contributed by atoms with van der Waals surface area (Å²) in [6, 6.07) is 27.9. The van der Waals surface area contributed by atoms with Crippen molar-refractivity contribution in [3.63, 3.8) is 0 Å². The summed E-state index contributed by atoms with van der Waals surface area (Å²) < 4.78 is 0. The molecule has 5 aromatic rings. The Balaban J connectivity index is 1.31. The summed E-state index contributed by atoms with van der Waals surface area (Å²) in [5.74, 6) is 0.416. The Morgan fingerprint density at radius 3 is 2.13 bits per heavy atom. The summed E-state index contributed by atoms with van der Waals surface area (Å²) in [4.78, 5) is 16.1. The number of hydrogen-bond donors (Lipinski definition) is 1. The fraction of sp³-hybridized carbons (Fsp3) is 0.219. The first-order valence-electron chi connectivity index (χ1n) is 12.7. The molecule has 0 radical (unpaired) electrons. The highest BCUT2D eigenvalue weighted by Gasteiger charge is 2.22. The minimum Gasteiger partial charge on any atom is -0.505 e. The summed E-state index contributed by atoms with van der Waals surface area (Å²) in [5, 5.41) is 20.3. The molecule has 5 rings (SSSR count). The number of aryl methyl sites for hydroxylation is 1. The van der Waals surface area contributed by atoms with Gasteiger partial charge in [0, 0.05) is 28.2 Å². The zero-order valence-corrected chi connectivity index (χ0v) is 22.9. The third kappa shape index (κ3) is 5.81. The summed E-state index contributed by atoms with van der Waals surface area (Å²) >= 11 is 1.64. The van der Waals surface area contributed by atoms with Crippen molar-refractivity contribution < 1.29 is 9.90 Å². The monoisotopic (exact) mass is 521 g/mol. The van der Waals surface area contributed by atoms with Crippen LogP contribution in [0.4, 0.5) is 0 Å². The molecule has 0 unspecified atom stereocenters. The van der Waals surface area contributed by atoms with E-state index in [9.17, 15) is 9.90 Å². The first-order valence-corrected chi connectivity index (χ1v) is 13.5. The maximum atomic E-state index is 12.5. The van der Waals surface area contributed by atoms with E-state index < -0.39 is 0 Å². The van der Waals surface area contributed by atoms with Crippen LogP contribution < -0.4 is 0 Å². The van der Waals surface area contributed by atoms with Crippen molar-refractivity contribution in [1.82, 2.24) is 15.0 Å². The number of benzene rings is 4. The van der Waals surface area contributed by atoms with E-state index >= 15 is 0 Å². The van der Waals surface area contributed by atoms with Crippen LogP contribution in [0.3, 0.4) is 0 Å². The summed E-state index contributed by atoms with van der Waals surface area (Å²) in [7, 11) is 0. The summed E-state index contributed by atoms with van der Waals surface area (Å²) in [5.41, 5.74) is 5.88. The van der Waals surface area contributed by atoms with Crippen molar-refractivity contribution in [2.24, 2.45) is 0 Å². The third-order valence-corrected chi connectivity index (χ3v) is 7.41. The van der Waals surface area contributed by atoms with Crippen molar-refractivity contribution >= 4 is 28.6 Å². The zero-order valence-electron chi connectivity index (χ0n) is 22.1. The van der Waals surface area contributed by atoms with Crippen LogP contribution in [0, 0.1) is 6.92 Å². The Labute approximate surface area is 227 Å². The smallest absolute Gasteiger partial charge is 0.146 e. The van der Waals surface area contributed by atoms with E-state index in [0.717, 1.165) is 43.1 Å². The number of ketones is 1. The zero-order chi connectivity index (χ0) is 26.9. The van der Waals surface area contributed by atoms with Crippen LogP contribution in [0.2, 0.25) is 0 Å². The molecular weight excluding hydrogens is 490 g/mol. The Kier molecular flexibility index (Phi) is 7.09. The molecule has 0 bridgehead atoms. The number of phenolic OH excluding ortho intramolecular Hbond substituents is 1. The molecule has 0 spiro atoms. The van der Waals surface area contributed by atoms with Crippen LogP contribution >= 0.6 is 11.8 Å². The molecule has 4 aromatic carbocycles. The van der Waals surface area contributed by atoms with Crippen LogP contribution in [0.5, 0.6) is 5.75 Å². The van der Waals surface area contributed by atoms with Gasteiger partial charge in [-0.1, -0.05) is 81.1 Å². The van der Waals surface area contributed by atoms with Crippen LogP contribution in [-0.4, -0.2) is 25.9 Å². The molecule has 0 aliphatic rings. The van der Waals surface area contributed by atoms with E-state index in [1.54, 1.807) is 11.8 Å². The summed E-state index contributed by atoms with van der Waals surface area (Å²) in [6.07, 6.45) is 0.882. The Bertz CT molecular complexity index is 1600. The normalized spacial score (nSPS) is 11.7. The first-order chi connectivity index (χ1) is 18.2. The number of aromatic hydroxyl groups is 1. The average Bonchev–Trinajstić information content (AvgIpc) is 3.29. The van der Waals surface area contributed by atoms with Crippen LogP contribution in [-0.2, 0) is 23.1 Å². The van der Waals surface area contributed by atoms with Gasteiger partial charge in [-0.15, -0.1) is 15.0 Å². The van der Waals surface area contributed by atoms with Crippen molar-refractivity contribution in [2.75, 3.05) is 0 Å². The lowest BCUT2D eigenvalue weighted by Crippen LogP contribution is -2.13. The molecule has 0 amide bonds. The highest BCUT2D eigenvalue weighted by molar-refractivity contribution is 7.99. The fourth-order valence-electron chi connectivity index (χ4n) is 4.47. The molecule has 5 nitrogen and oxygen atoms in total. The number of rotatable bonds is 7. The SMILES string of the molecule is Cc1cc(-n2nc3ccc(Sc4ccc(CC(=O)Cc5ccccc5)cc4)cc3n2)c(O)c(C(C)(C)C)c1. The highest BCUT2D eigenvalue weighted by Crippen LogP contribution is 2.36. The van der Waals surface area contributed by atoms with Crippen molar-refractivity contribution in [3.05, 3.63) is 107 Å². The molecule has 0 fully saturated rings. The molecule has 1 heterocycles. The van der Waals surface area contributed by atoms with Gasteiger partial charge >= 0.3 is 0 Å². The predicted molar refractivity (Wildman–Crippen MR) is 153 cm³/mol. The van der Waals surface area contributed by atoms with Gasteiger partial charge in [0.15, 0.2) is 0 Å². The maximum Gasteiger partial charge on any atom is 0.146 e. The molecule has 1 N–H and O–H groups in total. The fourth-order valence-corrected chi connectivity index (χ4v) is 5.33. The second-order valence-corrected chi connectivity index (χ2v) is 11.8. The Hall–Kier alpha value is -3.90. The van der Waals surface area contributed by atoms with Crippen molar-refractivity contribution in [3.8, 4) is 11.4 Å². The first kappa shape index (κ1) is 25.7. The average molecular weight is 522 g/mol. The predicted octanol–water partition coefficient (Wildman–Crippen LogP) is 7.24. The van der Waals surface area contributed by atoms with Crippen molar-refractivity contribution in [1.29, 1.82) is 0 Å². The molecule has 0 saturated heterocycles. The highest BCUT2D eigenvalue weighted by atomic mass is 32.2. The lowest BCUT2D eigenvalue weighted by Gasteiger charge is -2.22. The second kappa shape index (κ2) is 10.5. The van der Waals surface area contributed by atoms with E-state index in [4.69, 9.17) is 0 Å². The van der Waals surface area contributed by atoms with Gasteiger partial charge < -0.3 is 5.11 Å². The number of nitrogens with zero attached hydrogens (tertiary/aromatic N) is 3. The number of carbonyl (C=O) groups is 1. The minimum atomic E-state index is -0.202. The number of phenols is 1. The van der Waals surface area contributed by atoms with Gasteiger partial charge in [-0.05, 0) is 65.4 Å². The molecule has 0 saturated carbocycles. The van der Waals surface area contributed by atoms with E-state index in [-0.39, 0.29) is 16.9 Å². The van der Waals surface area contributed by atoms with Crippen LogP contribution in [0.15, 0.2) is 94.7 Å². The van der Waals surface area contributed by atoms with Crippen LogP contribution in [0.25, 0.3) is 16.7 Å². The van der Waals surface area contributed by atoms with Gasteiger partial charge in [-0.3, -0.25) is 4.79 Å². The molecule has 0 aliphatic carbocycles. The van der Waals surface area contributed by atoms with Crippen LogP contribution in [0.1, 0.15) is 43.0 Å². The van der Waals surface area contributed by atoms with E-state index in [2.05, 4.69) is 43.1 Å². The largest absolute Gasteiger partial charge is 0.505 e. The van der Waals surface area contributed by atoms with Gasteiger partial charge in [0.25, 0.3) is 0 Å². The number of carbonyl (C=O) groups excluding carboxylic acids is 1. The number of hydrogen-bond acceptors (Lipinski definition) is 5. The van der Waals surface area contributed by atoms with Crippen molar-refractivity contribution in [2.45, 2.75) is 55.7 Å². The molecule has 1 aromatic heterocycles. The van der Waals surface area contributed by atoms with E-state index in [0.29, 0.717) is 18.5 Å². The minimum absolute atomic E-state index is 0.202. The quantitative estimate of drug-likeness (QED) is 0.245. The standard InChI is InChI=1S/C32H31N3O2S/c1-21-16-27(32(2,3)4)31(37)30(17-21)35-33-28-15-14-26(20-29(28)34-35)38-25-12-10-23(11-13-25)19-24(36)18-22-8-6-5-7-9-22/h5-17,20,37H,18-19H2,1-4H3. The van der Waals surface area contributed by atoms with Gasteiger partial charge in [-0.2, -0.15) is 0 Å². The van der Waals surface area contributed by atoms with E-state index in [1.807, 2.05) is 79.7 Å². The van der Waals surface area contributed by atoms with Gasteiger partial charge in [-0.25, -0.2) is 0 Å². The summed E-state index contributed by atoms with van der Waals surface area (Å²) in [6.45, 7) is 8.26. The number of aromatic nitrogens is 3. The topological polar surface area (TPSA) is 68.0 Å². The van der Waals surface area contributed by atoms with E-state index in [1.165, 1.54) is 4.80 Å². The lowest BCUT2D eigenvalue weighted by atomic mass is 9.85. The molecule has 38 heavy (non-hydrogen) atoms. The Morgan fingerprint density at radius 1 is 0.816 bits per heavy atom. The molecule has 6 heteroatoms. The maximum absolute atomic E-state index is 12.5. The number of Topliss-reactive ketones (excluding diaryl/α,β-unsaturated/α-hetero) is 1. The Morgan fingerprint density at radius 2 is 1.45 bits per heavy atom. The molecular formula is C32H31N3O2S. The van der Waals surface area contributed by atoms with Gasteiger partial charge in [0.1, 0.15) is 28.3 Å². The van der Waals surface area contributed by atoms with Gasteiger partial charge in [0.05, 0.1) is 0 Å². The number of fused-ring (bicyclic) bond motifs is 1. The lowest BCUT2D eigenvalue weighted by molar-refractivity contribution is -0.117. The third-order valence-electron chi connectivity index (χ3n) is 6.41. The second-order valence-electron chi connectivity index (χ2n) is 10.7. The molecule has 0 aliphatic heterocycles. The van der Waals surface area contributed by atoms with Gasteiger partial charge in [0.2, 0.25) is 0 Å². The molecule has 0 atom stereocenters.